The van der Waals surface area contributed by atoms with E-state index in [4.69, 9.17) is 47.0 Å². The van der Waals surface area contributed by atoms with E-state index in [0.29, 0.717) is 11.1 Å². The zero-order valence-electron chi connectivity index (χ0n) is 40.4. The quantitative estimate of drug-likeness (QED) is 0.0329. The van der Waals surface area contributed by atoms with E-state index in [2.05, 4.69) is 0 Å². The molecular weight excluding hydrogens is 1020 g/mol. The van der Waals surface area contributed by atoms with Crippen LogP contribution < -0.4 is 14.2 Å². The fourth-order valence-electron chi connectivity index (χ4n) is 8.33. The van der Waals surface area contributed by atoms with Crippen molar-refractivity contribution < 1.29 is 123 Å². The molecule has 4 aromatic carbocycles. The molecule has 0 unspecified atom stereocenters. The number of benzene rings is 4. The Morgan fingerprint density at radius 3 is 1.70 bits per heavy atom. The number of carbonyl (C=O) groups excluding carboxylic acids is 2. The number of carbonyl (C=O) groups is 2. The first-order chi connectivity index (χ1) is 36.8. The molecular formula is C52H55O25+. The fourth-order valence-corrected chi connectivity index (χ4v) is 8.33. The Morgan fingerprint density at radius 1 is 0.545 bits per heavy atom. The lowest BCUT2D eigenvalue weighted by Gasteiger charge is -2.45. The number of phenolic OH excluding ortho intramolecular Hbond substituents is 4. The largest absolute Gasteiger partial charge is 0.508 e. The second-order valence-corrected chi connectivity index (χ2v) is 17.9. The van der Waals surface area contributed by atoms with Gasteiger partial charge in [-0.1, -0.05) is 18.2 Å². The number of phenols is 4. The van der Waals surface area contributed by atoms with Gasteiger partial charge in [-0.15, -0.1) is 0 Å². The molecule has 0 spiro atoms. The Hall–Kier alpha value is -7.21. The predicted octanol–water partition coefficient (Wildman–Crippen LogP) is -0.0779. The molecule has 8 rings (SSSR count). The van der Waals surface area contributed by atoms with Gasteiger partial charge < -0.3 is 109 Å². The van der Waals surface area contributed by atoms with Crippen LogP contribution in [0.15, 0.2) is 101 Å². The van der Waals surface area contributed by atoms with Gasteiger partial charge in [0.25, 0.3) is 0 Å². The molecule has 3 saturated heterocycles. The van der Waals surface area contributed by atoms with Crippen LogP contribution in [-0.4, -0.2) is 197 Å². The lowest BCUT2D eigenvalue weighted by molar-refractivity contribution is -0.358. The van der Waals surface area contributed by atoms with Crippen LogP contribution in [-0.2, 0) is 38.0 Å². The van der Waals surface area contributed by atoms with Gasteiger partial charge in [-0.3, -0.25) is 0 Å². The van der Waals surface area contributed by atoms with Crippen molar-refractivity contribution in [3.05, 3.63) is 108 Å². The van der Waals surface area contributed by atoms with Crippen LogP contribution in [0.2, 0.25) is 0 Å². The van der Waals surface area contributed by atoms with Crippen molar-refractivity contribution in [1.82, 2.24) is 0 Å². The summed E-state index contributed by atoms with van der Waals surface area (Å²) < 4.78 is 57.9. The molecule has 1 aromatic heterocycles. The Morgan fingerprint density at radius 2 is 1.08 bits per heavy atom. The molecule has 13 N–H and O–H groups in total. The van der Waals surface area contributed by atoms with Gasteiger partial charge in [0.2, 0.25) is 18.3 Å². The van der Waals surface area contributed by atoms with Gasteiger partial charge in [0.1, 0.15) is 109 Å². The lowest BCUT2D eigenvalue weighted by Crippen LogP contribution is -2.65. The SMILES string of the molecule is COc1cc(/C=C/C(=O)OC[C@H]2O[C@@H](O[C@H]3[C@H](Oc4cc5c(O[C@@H]6O[C@H](CO)[C@@H](O)[C@H](O)[C@H]6O)cc(O)cc5[o+]c4-c4ccc(O)cc4)O[C@H](COC(=O)/C=C/c4ccc(O)cc4)[C@@H](O)[C@@H]3O)[C@H](O)[C@@H](O)[C@@H]2O)ccc1O. The molecule has 0 amide bonds. The summed E-state index contributed by atoms with van der Waals surface area (Å²) in [4.78, 5) is 25.7. The van der Waals surface area contributed by atoms with Gasteiger partial charge >= 0.3 is 23.3 Å². The average molecular weight is 1080 g/mol. The van der Waals surface area contributed by atoms with Crippen molar-refractivity contribution in [2.24, 2.45) is 0 Å². The Bertz CT molecular complexity index is 2890. The molecule has 3 aliphatic rings. The van der Waals surface area contributed by atoms with Gasteiger partial charge in [-0.05, 0) is 71.8 Å². The van der Waals surface area contributed by atoms with E-state index >= 15 is 0 Å². The topological polar surface area (TPSA) is 392 Å². The molecule has 0 radical (unpaired) electrons. The number of aliphatic hydroxyl groups excluding tert-OH is 9. The van der Waals surface area contributed by atoms with Crippen LogP contribution in [0.5, 0.6) is 40.2 Å². The molecule has 25 heteroatoms. The highest BCUT2D eigenvalue weighted by atomic mass is 16.8. The molecule has 5 aromatic rings. The van der Waals surface area contributed by atoms with E-state index in [1.165, 1.54) is 92.1 Å². The van der Waals surface area contributed by atoms with Crippen LogP contribution in [0.4, 0.5) is 0 Å². The number of esters is 2. The normalized spacial score (nSPS) is 29.6. The van der Waals surface area contributed by atoms with Crippen molar-refractivity contribution >= 4 is 35.1 Å². The van der Waals surface area contributed by atoms with E-state index in [1.807, 2.05) is 0 Å². The van der Waals surface area contributed by atoms with Crippen molar-refractivity contribution in [2.75, 3.05) is 26.9 Å². The third kappa shape index (κ3) is 13.0. The second-order valence-electron chi connectivity index (χ2n) is 17.9. The zero-order chi connectivity index (χ0) is 55.2. The molecule has 15 atom stereocenters. The van der Waals surface area contributed by atoms with Crippen LogP contribution in [0.25, 0.3) is 34.4 Å². The lowest BCUT2D eigenvalue weighted by atomic mass is 9.97. The van der Waals surface area contributed by atoms with Gasteiger partial charge in [-0.2, -0.15) is 0 Å². The van der Waals surface area contributed by atoms with Gasteiger partial charge in [0, 0.05) is 24.3 Å². The third-order valence-electron chi connectivity index (χ3n) is 12.6. The first-order valence-electron chi connectivity index (χ1n) is 23.6. The first kappa shape index (κ1) is 56.0. The molecule has 77 heavy (non-hydrogen) atoms. The number of aromatic hydroxyl groups is 4. The van der Waals surface area contributed by atoms with Crippen molar-refractivity contribution in [1.29, 1.82) is 0 Å². The summed E-state index contributed by atoms with van der Waals surface area (Å²) in [6.45, 7) is -2.29. The van der Waals surface area contributed by atoms with Crippen molar-refractivity contribution in [2.45, 2.75) is 92.1 Å². The van der Waals surface area contributed by atoms with Crippen molar-refractivity contribution in [3.63, 3.8) is 0 Å². The monoisotopic (exact) mass is 1080 g/mol. The fraction of sp³-hybridized carbons (Fsp3) is 0.365. The van der Waals surface area contributed by atoms with Crippen LogP contribution >= 0.6 is 0 Å². The summed E-state index contributed by atoms with van der Waals surface area (Å²) in [5.74, 6) is -3.37. The van der Waals surface area contributed by atoms with Gasteiger partial charge in [-0.25, -0.2) is 14.0 Å². The number of hydrogen-bond acceptors (Lipinski definition) is 24. The molecule has 0 bridgehead atoms. The summed E-state index contributed by atoms with van der Waals surface area (Å²) in [5.41, 5.74) is 1.000. The molecule has 412 valence electrons. The number of methoxy groups -OCH3 is 1. The Kier molecular flexibility index (Phi) is 17.8. The third-order valence-corrected chi connectivity index (χ3v) is 12.6. The van der Waals surface area contributed by atoms with E-state index in [9.17, 15) is 76.0 Å². The Balaban J connectivity index is 1.11. The van der Waals surface area contributed by atoms with E-state index in [0.717, 1.165) is 24.3 Å². The first-order valence-corrected chi connectivity index (χ1v) is 23.6. The maximum atomic E-state index is 12.9. The van der Waals surface area contributed by atoms with Crippen LogP contribution in [0.3, 0.4) is 0 Å². The number of hydrogen-bond donors (Lipinski definition) is 13. The van der Waals surface area contributed by atoms with Gasteiger partial charge in [0.15, 0.2) is 23.9 Å². The van der Waals surface area contributed by atoms with Crippen LogP contribution in [0, 0.1) is 0 Å². The Labute approximate surface area is 435 Å². The van der Waals surface area contributed by atoms with Crippen LogP contribution in [0.1, 0.15) is 11.1 Å². The van der Waals surface area contributed by atoms with Crippen molar-refractivity contribution in [3.8, 4) is 51.6 Å². The highest BCUT2D eigenvalue weighted by Gasteiger charge is 2.53. The summed E-state index contributed by atoms with van der Waals surface area (Å²) in [7, 11) is 1.33. The summed E-state index contributed by atoms with van der Waals surface area (Å²) in [6, 6.07) is 18.9. The number of ether oxygens (including phenoxy) is 9. The highest BCUT2D eigenvalue weighted by molar-refractivity contribution is 5.89. The maximum Gasteiger partial charge on any atom is 0.402 e. The second kappa shape index (κ2) is 24.4. The average Bonchev–Trinajstić information content (AvgIpc) is 3.46. The van der Waals surface area contributed by atoms with E-state index < -0.39 is 130 Å². The number of aliphatic hydroxyl groups is 9. The molecule has 25 nitrogen and oxygen atoms in total. The standard InChI is InChI=1S/C52H54O25/c1-68-33-16-24(4-13-30(33)57)6-15-39(59)69-21-36-41(61)44(64)47(67)51(75-36)77-49-45(65)42(62)37(22-70-38(58)14-5-23-2-9-26(54)10-3-23)76-52(49)73-34-19-29-31(71-48(34)25-7-11-27(55)12-8-25)17-28(56)18-32(29)72-50-46(66)43(63)40(60)35(20-53)74-50/h2-19,35-37,40-47,49-53,60-67H,20-22H2,1H3,(H3-,54,55,56,57,58,59)/p+1/t35-,36-,37-,40-,41-,42-,43+,44+,45+,46-,47-,49-,50-,51+,52-/m1/s1. The molecule has 3 aliphatic heterocycles. The smallest absolute Gasteiger partial charge is 0.402 e. The number of rotatable bonds is 17. The molecule has 0 aliphatic carbocycles. The minimum Gasteiger partial charge on any atom is -0.508 e. The molecule has 4 heterocycles. The molecule has 0 saturated carbocycles. The van der Waals surface area contributed by atoms with Gasteiger partial charge in [0.05, 0.1) is 25.3 Å². The van der Waals surface area contributed by atoms with E-state index in [1.54, 1.807) is 0 Å². The summed E-state index contributed by atoms with van der Waals surface area (Å²) in [6.07, 6.45) is -23.3. The maximum absolute atomic E-state index is 12.9. The predicted molar refractivity (Wildman–Crippen MR) is 259 cm³/mol. The zero-order valence-corrected chi connectivity index (χ0v) is 40.4. The highest BCUT2D eigenvalue weighted by Crippen LogP contribution is 2.43. The minimum absolute atomic E-state index is 0.0165. The molecule has 3 fully saturated rings. The minimum atomic E-state index is -2.11. The van der Waals surface area contributed by atoms with E-state index in [-0.39, 0.29) is 56.8 Å². The summed E-state index contributed by atoms with van der Waals surface area (Å²) in [5, 5.41) is 139. The summed E-state index contributed by atoms with van der Waals surface area (Å²) >= 11 is 0. The number of fused-ring (bicyclic) bond motifs is 1.